The van der Waals surface area contributed by atoms with Gasteiger partial charge in [0.25, 0.3) is 5.91 Å². The van der Waals surface area contributed by atoms with Crippen LogP contribution in [0.3, 0.4) is 0 Å². The Kier molecular flexibility index (Phi) is 6.39. The molecule has 0 saturated carbocycles. The molecule has 0 unspecified atom stereocenters. The summed E-state index contributed by atoms with van der Waals surface area (Å²) in [4.78, 5) is 17.6. The maximum absolute atomic E-state index is 13.0. The second kappa shape index (κ2) is 9.55. The number of nitrogens with zero attached hydrogens (tertiary/aromatic N) is 3. The van der Waals surface area contributed by atoms with E-state index >= 15 is 0 Å². The summed E-state index contributed by atoms with van der Waals surface area (Å²) >= 11 is 0. The largest absolute Gasteiger partial charge is 0.454 e. The minimum absolute atomic E-state index is 0.160. The average Bonchev–Trinajstić information content (AvgIpc) is 3.39. The van der Waals surface area contributed by atoms with Crippen LogP contribution >= 0.6 is 0 Å². The lowest BCUT2D eigenvalue weighted by Gasteiger charge is -2.14. The molecule has 1 aromatic heterocycles. The SMILES string of the molecule is CCCn1cc(CN=C(NC(=O)c2ccc3c(c2)OCO3)Nc2ccccc2C)c(C)n1. The molecule has 3 aromatic rings. The first kappa shape index (κ1) is 21.4. The number of benzene rings is 2. The predicted molar refractivity (Wildman–Crippen MR) is 123 cm³/mol. The summed E-state index contributed by atoms with van der Waals surface area (Å²) in [5.74, 6) is 1.26. The summed E-state index contributed by atoms with van der Waals surface area (Å²) in [5, 5.41) is 10.7. The topological polar surface area (TPSA) is 89.8 Å². The summed E-state index contributed by atoms with van der Waals surface area (Å²) in [5.41, 5.74) is 4.32. The Balaban J connectivity index is 1.56. The van der Waals surface area contributed by atoms with Gasteiger partial charge in [-0.3, -0.25) is 14.8 Å². The van der Waals surface area contributed by atoms with Crippen LogP contribution in [0.15, 0.2) is 53.7 Å². The number of fused-ring (bicyclic) bond motifs is 1. The number of amides is 1. The molecule has 2 heterocycles. The number of carbonyl (C=O) groups excluding carboxylic acids is 1. The molecule has 0 aliphatic carbocycles. The molecule has 0 bridgehead atoms. The highest BCUT2D eigenvalue weighted by molar-refractivity contribution is 6.10. The second-order valence-corrected chi connectivity index (χ2v) is 7.63. The van der Waals surface area contributed by atoms with E-state index in [1.807, 2.05) is 49.0 Å². The highest BCUT2D eigenvalue weighted by Crippen LogP contribution is 2.32. The van der Waals surface area contributed by atoms with Gasteiger partial charge in [-0.2, -0.15) is 5.10 Å². The van der Waals surface area contributed by atoms with Crippen molar-refractivity contribution in [2.24, 2.45) is 4.99 Å². The molecule has 2 N–H and O–H groups in total. The van der Waals surface area contributed by atoms with Gasteiger partial charge < -0.3 is 14.8 Å². The Morgan fingerprint density at radius 3 is 2.78 bits per heavy atom. The minimum atomic E-state index is -0.290. The van der Waals surface area contributed by atoms with Crippen molar-refractivity contribution in [2.45, 2.75) is 40.3 Å². The Morgan fingerprint density at radius 2 is 1.97 bits per heavy atom. The van der Waals surface area contributed by atoms with Gasteiger partial charge in [-0.25, -0.2) is 4.99 Å². The van der Waals surface area contributed by atoms with E-state index in [2.05, 4.69) is 27.6 Å². The maximum Gasteiger partial charge on any atom is 0.258 e. The maximum atomic E-state index is 13.0. The van der Waals surface area contributed by atoms with Gasteiger partial charge in [-0.05, 0) is 50.1 Å². The molecule has 1 amide bonds. The van der Waals surface area contributed by atoms with Crippen LogP contribution in [-0.2, 0) is 13.1 Å². The lowest BCUT2D eigenvalue weighted by molar-refractivity contribution is 0.0976. The number of carbonyl (C=O) groups is 1. The second-order valence-electron chi connectivity index (χ2n) is 7.63. The zero-order valence-corrected chi connectivity index (χ0v) is 18.5. The van der Waals surface area contributed by atoms with Gasteiger partial charge in [0.1, 0.15) is 0 Å². The third kappa shape index (κ3) is 4.91. The number of nitrogens with one attached hydrogen (secondary N) is 2. The molecule has 8 heteroatoms. The van der Waals surface area contributed by atoms with Crippen molar-refractivity contribution in [2.75, 3.05) is 12.1 Å². The molecule has 0 fully saturated rings. The molecule has 32 heavy (non-hydrogen) atoms. The van der Waals surface area contributed by atoms with Gasteiger partial charge >= 0.3 is 0 Å². The average molecular weight is 434 g/mol. The van der Waals surface area contributed by atoms with Gasteiger partial charge in [0, 0.05) is 29.6 Å². The van der Waals surface area contributed by atoms with Crippen molar-refractivity contribution >= 4 is 17.6 Å². The van der Waals surface area contributed by atoms with E-state index < -0.39 is 0 Å². The lowest BCUT2D eigenvalue weighted by atomic mass is 10.2. The molecule has 1 aliphatic rings. The standard InChI is InChI=1S/C24H27N5O3/c1-4-11-29-14-19(17(3)28-29)13-25-24(26-20-8-6-5-7-16(20)2)27-23(30)18-9-10-21-22(12-18)32-15-31-21/h5-10,12,14H,4,11,13,15H2,1-3H3,(H2,25,26,27,30). The quantitative estimate of drug-likeness (QED) is 0.452. The van der Waals surface area contributed by atoms with E-state index in [0.717, 1.165) is 35.5 Å². The van der Waals surface area contributed by atoms with Crippen molar-refractivity contribution < 1.29 is 14.3 Å². The molecular formula is C24H27N5O3. The van der Waals surface area contributed by atoms with Crippen molar-refractivity contribution in [1.29, 1.82) is 0 Å². The number of hydrogen-bond acceptors (Lipinski definition) is 5. The van der Waals surface area contributed by atoms with Crippen LogP contribution in [0.25, 0.3) is 0 Å². The van der Waals surface area contributed by atoms with E-state index in [4.69, 9.17) is 9.47 Å². The molecule has 0 spiro atoms. The number of ether oxygens (including phenoxy) is 2. The molecule has 0 atom stereocenters. The van der Waals surface area contributed by atoms with Crippen LogP contribution in [0.4, 0.5) is 5.69 Å². The first-order valence-electron chi connectivity index (χ1n) is 10.6. The Labute approximate surface area is 187 Å². The molecule has 4 rings (SSSR count). The number of aromatic nitrogens is 2. The van der Waals surface area contributed by atoms with E-state index in [-0.39, 0.29) is 12.7 Å². The van der Waals surface area contributed by atoms with E-state index in [0.29, 0.717) is 29.6 Å². The molecule has 2 aromatic carbocycles. The van der Waals surface area contributed by atoms with Crippen molar-refractivity contribution in [3.63, 3.8) is 0 Å². The Bertz CT molecular complexity index is 1150. The molecular weight excluding hydrogens is 406 g/mol. The fraction of sp³-hybridized carbons (Fsp3) is 0.292. The van der Waals surface area contributed by atoms with Crippen LogP contribution in [0.5, 0.6) is 11.5 Å². The van der Waals surface area contributed by atoms with Crippen molar-refractivity contribution in [3.05, 3.63) is 71.0 Å². The van der Waals surface area contributed by atoms with Gasteiger partial charge in [-0.1, -0.05) is 25.1 Å². The minimum Gasteiger partial charge on any atom is -0.454 e. The summed E-state index contributed by atoms with van der Waals surface area (Å²) in [7, 11) is 0. The van der Waals surface area contributed by atoms with Gasteiger partial charge in [0.2, 0.25) is 12.8 Å². The summed E-state index contributed by atoms with van der Waals surface area (Å²) in [6, 6.07) is 12.9. The monoisotopic (exact) mass is 433 g/mol. The molecule has 166 valence electrons. The van der Waals surface area contributed by atoms with Crippen LogP contribution in [0, 0.1) is 13.8 Å². The number of hydrogen-bond donors (Lipinski definition) is 2. The van der Waals surface area contributed by atoms with Crippen LogP contribution in [0.2, 0.25) is 0 Å². The Morgan fingerprint density at radius 1 is 1.16 bits per heavy atom. The first-order chi connectivity index (χ1) is 15.5. The highest BCUT2D eigenvalue weighted by Gasteiger charge is 2.17. The highest BCUT2D eigenvalue weighted by atomic mass is 16.7. The molecule has 8 nitrogen and oxygen atoms in total. The number of rotatable bonds is 6. The third-order valence-corrected chi connectivity index (χ3v) is 5.17. The summed E-state index contributed by atoms with van der Waals surface area (Å²) in [6.45, 7) is 7.50. The van der Waals surface area contributed by atoms with Crippen LogP contribution < -0.4 is 20.1 Å². The van der Waals surface area contributed by atoms with Crippen LogP contribution in [0.1, 0.15) is 40.5 Å². The predicted octanol–water partition coefficient (Wildman–Crippen LogP) is 4.04. The Hall–Kier alpha value is -3.81. The van der Waals surface area contributed by atoms with E-state index in [1.165, 1.54) is 0 Å². The number of aryl methyl sites for hydroxylation is 3. The van der Waals surface area contributed by atoms with Gasteiger partial charge in [0.15, 0.2) is 11.5 Å². The molecule has 0 radical (unpaired) electrons. The zero-order valence-electron chi connectivity index (χ0n) is 18.5. The summed E-state index contributed by atoms with van der Waals surface area (Å²) in [6.07, 6.45) is 3.02. The normalized spacial score (nSPS) is 12.7. The number of para-hydroxylation sites is 1. The zero-order chi connectivity index (χ0) is 22.5. The number of anilines is 1. The first-order valence-corrected chi connectivity index (χ1v) is 10.6. The third-order valence-electron chi connectivity index (χ3n) is 5.17. The lowest BCUT2D eigenvalue weighted by Crippen LogP contribution is -2.36. The summed E-state index contributed by atoms with van der Waals surface area (Å²) < 4.78 is 12.6. The van der Waals surface area contributed by atoms with E-state index in [1.54, 1.807) is 18.2 Å². The smallest absolute Gasteiger partial charge is 0.258 e. The number of guanidine groups is 1. The van der Waals surface area contributed by atoms with Gasteiger partial charge in [-0.15, -0.1) is 0 Å². The van der Waals surface area contributed by atoms with Gasteiger partial charge in [0.05, 0.1) is 12.2 Å². The number of aliphatic imine (C=N–C) groups is 1. The fourth-order valence-electron chi connectivity index (χ4n) is 3.39. The molecule has 1 aliphatic heterocycles. The van der Waals surface area contributed by atoms with Crippen LogP contribution in [-0.4, -0.2) is 28.4 Å². The fourth-order valence-corrected chi connectivity index (χ4v) is 3.39. The molecule has 0 saturated heterocycles. The van der Waals surface area contributed by atoms with Crippen molar-refractivity contribution in [3.8, 4) is 11.5 Å². The van der Waals surface area contributed by atoms with Crippen molar-refractivity contribution in [1.82, 2.24) is 15.1 Å². The van der Waals surface area contributed by atoms with E-state index in [9.17, 15) is 4.79 Å².